The molecule has 104 valence electrons. The molecule has 0 aliphatic rings. The molecule has 20 heavy (non-hydrogen) atoms. The minimum absolute atomic E-state index is 0.157. The van der Waals surface area contributed by atoms with E-state index >= 15 is 0 Å². The van der Waals surface area contributed by atoms with E-state index in [0.717, 1.165) is 29.0 Å². The van der Waals surface area contributed by atoms with E-state index in [-0.39, 0.29) is 6.61 Å². The van der Waals surface area contributed by atoms with Crippen LogP contribution in [0.15, 0.2) is 41.0 Å². The summed E-state index contributed by atoms with van der Waals surface area (Å²) in [6, 6.07) is 9.47. The molecule has 3 rings (SSSR count). The maximum absolute atomic E-state index is 9.02. The van der Waals surface area contributed by atoms with E-state index in [0.29, 0.717) is 18.0 Å². The lowest BCUT2D eigenvalue weighted by atomic mass is 10.3. The maximum Gasteiger partial charge on any atom is 0.123 e. The number of aryl methyl sites for hydroxylation is 1. The molecule has 0 bridgehead atoms. The summed E-state index contributed by atoms with van der Waals surface area (Å²) >= 11 is 6.08. The Hall–Kier alpha value is -1.78. The van der Waals surface area contributed by atoms with Gasteiger partial charge in [0.1, 0.15) is 11.6 Å². The van der Waals surface area contributed by atoms with Crippen molar-refractivity contribution in [2.24, 2.45) is 0 Å². The van der Waals surface area contributed by atoms with Gasteiger partial charge in [-0.2, -0.15) is 0 Å². The SMILES string of the molecule is OCCCc1nc2ccc(Cl)cc2n1Cc1ccco1. The number of halogens is 1. The quantitative estimate of drug-likeness (QED) is 0.785. The molecule has 1 N–H and O–H groups in total. The number of aliphatic hydroxyl groups excluding tert-OH is 1. The van der Waals surface area contributed by atoms with Gasteiger partial charge in [0.2, 0.25) is 0 Å². The minimum atomic E-state index is 0.157. The van der Waals surface area contributed by atoms with Crippen molar-refractivity contribution in [3.05, 3.63) is 53.2 Å². The number of nitrogens with zero attached hydrogens (tertiary/aromatic N) is 2. The number of benzene rings is 1. The zero-order chi connectivity index (χ0) is 13.9. The van der Waals surface area contributed by atoms with Gasteiger partial charge in [0.15, 0.2) is 0 Å². The van der Waals surface area contributed by atoms with Crippen molar-refractivity contribution in [2.45, 2.75) is 19.4 Å². The topological polar surface area (TPSA) is 51.2 Å². The molecule has 3 aromatic rings. The molecule has 2 aromatic heterocycles. The molecule has 0 atom stereocenters. The standard InChI is InChI=1S/C15H15ClN2O2/c16-11-5-6-13-14(9-11)18(10-12-3-2-8-20-12)15(17-13)4-1-7-19/h2-3,5-6,8-9,19H,1,4,7,10H2. The third-order valence-corrected chi connectivity index (χ3v) is 3.48. The van der Waals surface area contributed by atoms with E-state index in [9.17, 15) is 0 Å². The highest BCUT2D eigenvalue weighted by molar-refractivity contribution is 6.31. The summed E-state index contributed by atoms with van der Waals surface area (Å²) in [5.74, 6) is 1.81. The fourth-order valence-electron chi connectivity index (χ4n) is 2.31. The Kier molecular flexibility index (Phi) is 3.76. The van der Waals surface area contributed by atoms with Crippen molar-refractivity contribution in [2.75, 3.05) is 6.61 Å². The Morgan fingerprint density at radius 2 is 2.20 bits per heavy atom. The molecular formula is C15H15ClN2O2. The first-order valence-electron chi connectivity index (χ1n) is 6.56. The first-order chi connectivity index (χ1) is 9.78. The first kappa shape index (κ1) is 13.2. The number of hydrogen-bond acceptors (Lipinski definition) is 3. The molecule has 0 fully saturated rings. The predicted octanol–water partition coefficient (Wildman–Crippen LogP) is 3.26. The Balaban J connectivity index is 2.06. The number of imidazole rings is 1. The number of furan rings is 1. The van der Waals surface area contributed by atoms with Crippen LogP contribution in [-0.2, 0) is 13.0 Å². The molecular weight excluding hydrogens is 276 g/mol. The Morgan fingerprint density at radius 1 is 1.30 bits per heavy atom. The zero-order valence-electron chi connectivity index (χ0n) is 10.9. The van der Waals surface area contributed by atoms with E-state index in [2.05, 4.69) is 9.55 Å². The van der Waals surface area contributed by atoms with Crippen molar-refractivity contribution in [1.29, 1.82) is 0 Å². The van der Waals surface area contributed by atoms with Crippen molar-refractivity contribution >= 4 is 22.6 Å². The minimum Gasteiger partial charge on any atom is -0.467 e. The molecule has 0 aliphatic carbocycles. The number of rotatable bonds is 5. The molecule has 4 nitrogen and oxygen atoms in total. The van der Waals surface area contributed by atoms with E-state index in [1.807, 2.05) is 30.3 Å². The zero-order valence-corrected chi connectivity index (χ0v) is 11.7. The molecule has 0 saturated carbocycles. The normalized spacial score (nSPS) is 11.3. The fourth-order valence-corrected chi connectivity index (χ4v) is 2.47. The largest absolute Gasteiger partial charge is 0.467 e. The average molecular weight is 291 g/mol. The van der Waals surface area contributed by atoms with Crippen LogP contribution in [-0.4, -0.2) is 21.3 Å². The number of fused-ring (bicyclic) bond motifs is 1. The molecule has 0 aliphatic heterocycles. The molecule has 0 amide bonds. The van der Waals surface area contributed by atoms with Crippen molar-refractivity contribution in [3.8, 4) is 0 Å². The van der Waals surface area contributed by atoms with Crippen LogP contribution >= 0.6 is 11.6 Å². The predicted molar refractivity (Wildman–Crippen MR) is 78.0 cm³/mol. The second-order valence-corrected chi connectivity index (χ2v) is 5.09. The molecule has 0 radical (unpaired) electrons. The van der Waals surface area contributed by atoms with Gasteiger partial charge >= 0.3 is 0 Å². The van der Waals surface area contributed by atoms with Gasteiger partial charge in [-0.05, 0) is 36.8 Å². The second kappa shape index (κ2) is 5.69. The lowest BCUT2D eigenvalue weighted by molar-refractivity contribution is 0.287. The number of aliphatic hydroxyl groups is 1. The summed E-state index contributed by atoms with van der Waals surface area (Å²) in [6.45, 7) is 0.773. The highest BCUT2D eigenvalue weighted by atomic mass is 35.5. The van der Waals surface area contributed by atoms with Crippen LogP contribution in [0.4, 0.5) is 0 Å². The Labute approximate surface area is 121 Å². The summed E-state index contributed by atoms with van der Waals surface area (Å²) < 4.78 is 7.51. The second-order valence-electron chi connectivity index (χ2n) is 4.65. The van der Waals surface area contributed by atoms with E-state index < -0.39 is 0 Å². The summed E-state index contributed by atoms with van der Waals surface area (Å²) in [5.41, 5.74) is 1.90. The Bertz CT molecular complexity index is 704. The highest BCUT2D eigenvalue weighted by Gasteiger charge is 2.12. The van der Waals surface area contributed by atoms with Crippen molar-refractivity contribution in [1.82, 2.24) is 9.55 Å². The van der Waals surface area contributed by atoms with Gasteiger partial charge in [0.25, 0.3) is 0 Å². The van der Waals surface area contributed by atoms with Gasteiger partial charge in [-0.15, -0.1) is 0 Å². The summed E-state index contributed by atoms with van der Waals surface area (Å²) in [5, 5.41) is 9.70. The number of aromatic nitrogens is 2. The number of hydrogen-bond donors (Lipinski definition) is 1. The van der Waals surface area contributed by atoms with Gasteiger partial charge in [0.05, 0.1) is 23.8 Å². The molecule has 0 saturated heterocycles. The third kappa shape index (κ3) is 2.57. The summed E-state index contributed by atoms with van der Waals surface area (Å²) in [6.07, 6.45) is 3.08. The van der Waals surface area contributed by atoms with Gasteiger partial charge in [-0.3, -0.25) is 0 Å². The van der Waals surface area contributed by atoms with Crippen LogP contribution in [0.1, 0.15) is 18.0 Å². The average Bonchev–Trinajstić information content (AvgIpc) is 3.06. The van der Waals surface area contributed by atoms with Gasteiger partial charge in [0, 0.05) is 18.1 Å². The molecule has 1 aromatic carbocycles. The van der Waals surface area contributed by atoms with E-state index in [1.54, 1.807) is 6.26 Å². The first-order valence-corrected chi connectivity index (χ1v) is 6.93. The van der Waals surface area contributed by atoms with Crippen LogP contribution in [0.3, 0.4) is 0 Å². The van der Waals surface area contributed by atoms with Gasteiger partial charge in [-0.1, -0.05) is 11.6 Å². The Morgan fingerprint density at radius 3 is 2.95 bits per heavy atom. The highest BCUT2D eigenvalue weighted by Crippen LogP contribution is 2.22. The van der Waals surface area contributed by atoms with Crippen LogP contribution in [0.5, 0.6) is 0 Å². The third-order valence-electron chi connectivity index (χ3n) is 3.24. The van der Waals surface area contributed by atoms with E-state index in [1.165, 1.54) is 0 Å². The van der Waals surface area contributed by atoms with Crippen molar-refractivity contribution in [3.63, 3.8) is 0 Å². The smallest absolute Gasteiger partial charge is 0.123 e. The lowest BCUT2D eigenvalue weighted by Crippen LogP contribution is -2.05. The monoisotopic (exact) mass is 290 g/mol. The van der Waals surface area contributed by atoms with Gasteiger partial charge < -0.3 is 14.1 Å². The molecule has 0 unspecified atom stereocenters. The maximum atomic E-state index is 9.02. The molecule has 5 heteroatoms. The fraction of sp³-hybridized carbons (Fsp3) is 0.267. The van der Waals surface area contributed by atoms with Crippen LogP contribution in [0, 0.1) is 0 Å². The van der Waals surface area contributed by atoms with Crippen LogP contribution in [0.25, 0.3) is 11.0 Å². The summed E-state index contributed by atoms with van der Waals surface area (Å²) in [7, 11) is 0. The van der Waals surface area contributed by atoms with Gasteiger partial charge in [-0.25, -0.2) is 4.98 Å². The van der Waals surface area contributed by atoms with Crippen molar-refractivity contribution < 1.29 is 9.52 Å². The van der Waals surface area contributed by atoms with E-state index in [4.69, 9.17) is 21.1 Å². The molecule has 0 spiro atoms. The van der Waals surface area contributed by atoms with Crippen LogP contribution < -0.4 is 0 Å². The lowest BCUT2D eigenvalue weighted by Gasteiger charge is -2.07. The summed E-state index contributed by atoms with van der Waals surface area (Å²) in [4.78, 5) is 4.62. The molecule has 2 heterocycles. The van der Waals surface area contributed by atoms with Crippen LogP contribution in [0.2, 0.25) is 5.02 Å².